The Bertz CT molecular complexity index is 396. The second-order valence-electron chi connectivity index (χ2n) is 6.99. The molecule has 159 valence electrons. The Morgan fingerprint density at radius 3 is 0.714 bits per heavy atom. The molecule has 3 N–H and O–H groups in total. The van der Waals surface area contributed by atoms with E-state index in [-0.39, 0.29) is 35.6 Å². The van der Waals surface area contributed by atoms with E-state index >= 15 is 0 Å². The van der Waals surface area contributed by atoms with Crippen LogP contribution >= 0.6 is 0 Å². The van der Waals surface area contributed by atoms with Gasteiger partial charge in [-0.25, -0.2) is 14.4 Å². The second kappa shape index (κ2) is 15.9. The predicted molar refractivity (Wildman–Crippen MR) is 100 cm³/mol. The van der Waals surface area contributed by atoms with Gasteiger partial charge in [0.25, 0.3) is 0 Å². The van der Waals surface area contributed by atoms with Crippen LogP contribution in [0.1, 0.15) is 57.8 Å². The fourth-order valence-electron chi connectivity index (χ4n) is 3.26. The van der Waals surface area contributed by atoms with Gasteiger partial charge >= 0.3 is 18.3 Å². The molecule has 3 amide bonds. The monoisotopic (exact) mass is 526 g/mol. The molecule has 28 heavy (non-hydrogen) atoms. The summed E-state index contributed by atoms with van der Waals surface area (Å²) in [5, 5.41) is 25.4. The number of piperidine rings is 3. The van der Waals surface area contributed by atoms with Crippen LogP contribution in [0.25, 0.3) is 0 Å². The summed E-state index contributed by atoms with van der Waals surface area (Å²) in [6.07, 6.45) is 7.45. The van der Waals surface area contributed by atoms with Crippen molar-refractivity contribution in [1.29, 1.82) is 0 Å². The number of rotatable bonds is 0. The molecule has 3 fully saturated rings. The number of hydrogen-bond donors (Lipinski definition) is 3. The van der Waals surface area contributed by atoms with Gasteiger partial charge in [-0.1, -0.05) is 0 Å². The largest absolute Gasteiger partial charge is 0.465 e. The van der Waals surface area contributed by atoms with E-state index in [1.54, 1.807) is 0 Å². The van der Waals surface area contributed by atoms with Crippen LogP contribution in [0.3, 0.4) is 0 Å². The Morgan fingerprint density at radius 1 is 0.429 bits per heavy atom. The third kappa shape index (κ3) is 11.8. The molecule has 3 aliphatic heterocycles. The van der Waals surface area contributed by atoms with Crippen molar-refractivity contribution in [3.63, 3.8) is 0 Å². The summed E-state index contributed by atoms with van der Waals surface area (Å²) in [5.74, 6) is 0. The van der Waals surface area contributed by atoms with E-state index in [2.05, 4.69) is 0 Å². The first-order chi connectivity index (χ1) is 12.9. The van der Waals surface area contributed by atoms with E-state index in [4.69, 9.17) is 15.3 Å². The smallest absolute Gasteiger partial charge is 0.407 e. The van der Waals surface area contributed by atoms with Crippen molar-refractivity contribution in [3.05, 3.63) is 0 Å². The summed E-state index contributed by atoms with van der Waals surface area (Å²) in [6, 6.07) is 0. The molecule has 0 aliphatic carbocycles. The van der Waals surface area contributed by atoms with E-state index < -0.39 is 18.3 Å². The maximum absolute atomic E-state index is 10.3. The Kier molecular flexibility index (Phi) is 15.3. The molecule has 0 aromatic heterocycles. The van der Waals surface area contributed by atoms with Crippen molar-refractivity contribution in [2.45, 2.75) is 57.8 Å². The van der Waals surface area contributed by atoms with Gasteiger partial charge in [0.1, 0.15) is 0 Å². The molecule has 0 aromatic carbocycles. The molecule has 3 rings (SSSR count). The molecule has 3 aliphatic rings. The minimum absolute atomic E-state index is 0. The molecule has 0 bridgehead atoms. The first-order valence-electron chi connectivity index (χ1n) is 9.85. The van der Waals surface area contributed by atoms with Gasteiger partial charge in [-0.2, -0.15) is 0 Å². The third-order valence-electron chi connectivity index (χ3n) is 4.88. The molecule has 0 saturated carbocycles. The van der Waals surface area contributed by atoms with Crippen LogP contribution in [-0.2, 0) is 0 Å². The van der Waals surface area contributed by atoms with E-state index in [1.807, 2.05) is 0 Å². The van der Waals surface area contributed by atoms with Gasteiger partial charge in [0.2, 0.25) is 0 Å². The zero-order chi connectivity index (χ0) is 20.1. The molecule has 1 radical (unpaired) electrons. The minimum Gasteiger partial charge on any atom is -0.465 e. The molecular weight excluding hydrogens is 493 g/mol. The maximum Gasteiger partial charge on any atom is 0.407 e. The first-order valence-corrected chi connectivity index (χ1v) is 9.85. The van der Waals surface area contributed by atoms with E-state index in [1.165, 1.54) is 34.0 Å². The Morgan fingerprint density at radius 2 is 0.607 bits per heavy atom. The van der Waals surface area contributed by atoms with Gasteiger partial charge < -0.3 is 30.0 Å². The van der Waals surface area contributed by atoms with Crippen molar-refractivity contribution in [2.75, 3.05) is 39.3 Å². The second-order valence-corrected chi connectivity index (χ2v) is 6.99. The molecule has 10 heteroatoms. The van der Waals surface area contributed by atoms with Crippen LogP contribution < -0.4 is 0 Å². The quantitative estimate of drug-likeness (QED) is 0.445. The van der Waals surface area contributed by atoms with Crippen LogP contribution in [0.2, 0.25) is 0 Å². The topological polar surface area (TPSA) is 122 Å². The molecule has 0 spiro atoms. The number of likely N-dealkylation sites (tertiary alicyclic amines) is 3. The van der Waals surface area contributed by atoms with Crippen molar-refractivity contribution in [3.8, 4) is 0 Å². The Balaban J connectivity index is 0.000000384. The summed E-state index contributed by atoms with van der Waals surface area (Å²) in [6.45, 7) is 4.39. The van der Waals surface area contributed by atoms with Crippen LogP contribution in [0.5, 0.6) is 0 Å². The van der Waals surface area contributed by atoms with E-state index in [9.17, 15) is 14.4 Å². The fraction of sp³-hybridized carbons (Fsp3) is 0.833. The molecular formula is C18H33LaN3O6. The maximum atomic E-state index is 10.3. The van der Waals surface area contributed by atoms with Crippen LogP contribution in [0.15, 0.2) is 0 Å². The molecule has 0 aromatic rings. The number of carboxylic acid groups (broad SMARTS) is 3. The zero-order valence-electron chi connectivity index (χ0n) is 16.6. The van der Waals surface area contributed by atoms with Gasteiger partial charge in [-0.3, -0.25) is 0 Å². The van der Waals surface area contributed by atoms with Crippen molar-refractivity contribution in [1.82, 2.24) is 14.7 Å². The van der Waals surface area contributed by atoms with E-state index in [0.29, 0.717) is 0 Å². The summed E-state index contributed by atoms with van der Waals surface area (Å²) in [7, 11) is 0. The minimum atomic E-state index is -0.769. The number of carbonyl (C=O) groups is 3. The fourth-order valence-corrected chi connectivity index (χ4v) is 3.26. The van der Waals surface area contributed by atoms with Crippen LogP contribution in [-0.4, -0.2) is 87.6 Å². The number of hydrogen-bond acceptors (Lipinski definition) is 3. The van der Waals surface area contributed by atoms with Gasteiger partial charge in [0, 0.05) is 74.9 Å². The summed E-state index contributed by atoms with van der Waals surface area (Å²) < 4.78 is 0. The van der Waals surface area contributed by atoms with Crippen molar-refractivity contribution >= 4 is 18.3 Å². The van der Waals surface area contributed by atoms with E-state index in [0.717, 1.165) is 77.8 Å². The van der Waals surface area contributed by atoms with Crippen molar-refractivity contribution < 1.29 is 65.3 Å². The van der Waals surface area contributed by atoms with Gasteiger partial charge in [0.05, 0.1) is 0 Å². The Labute approximate surface area is 194 Å². The van der Waals surface area contributed by atoms with Gasteiger partial charge in [0.15, 0.2) is 0 Å². The predicted octanol–water partition coefficient (Wildman–Crippen LogP) is 3.45. The summed E-state index contributed by atoms with van der Waals surface area (Å²) >= 11 is 0. The summed E-state index contributed by atoms with van der Waals surface area (Å²) in [5.41, 5.74) is 0. The van der Waals surface area contributed by atoms with Crippen LogP contribution in [0, 0.1) is 35.6 Å². The molecule has 0 atom stereocenters. The van der Waals surface area contributed by atoms with Gasteiger partial charge in [-0.05, 0) is 57.8 Å². The Hall–Kier alpha value is -0.995. The van der Waals surface area contributed by atoms with Crippen molar-refractivity contribution in [2.24, 2.45) is 0 Å². The standard InChI is InChI=1S/3C6H11NO2.La/c3*8-6(9)7-4-2-1-3-5-7;/h3*1-5H2,(H,8,9);. The first kappa shape index (κ1) is 27.0. The zero-order valence-corrected chi connectivity index (χ0v) is 20.2. The third-order valence-corrected chi connectivity index (χ3v) is 4.88. The normalized spacial score (nSPS) is 19.1. The van der Waals surface area contributed by atoms with Crippen LogP contribution in [0.4, 0.5) is 14.4 Å². The molecule has 0 unspecified atom stereocenters. The molecule has 3 saturated heterocycles. The number of amides is 3. The SMILES string of the molecule is O=C(O)N1CCCCC1.O=C(O)N1CCCCC1.O=C(O)N1CCCCC1.[La]. The molecule has 3 heterocycles. The average molecular weight is 526 g/mol. The number of nitrogens with zero attached hydrogens (tertiary/aromatic N) is 3. The van der Waals surface area contributed by atoms with Gasteiger partial charge in [-0.15, -0.1) is 0 Å². The summed E-state index contributed by atoms with van der Waals surface area (Å²) in [4.78, 5) is 35.3. The average Bonchev–Trinajstić information content (AvgIpc) is 2.71. The molecule has 9 nitrogen and oxygen atoms in total.